The van der Waals surface area contributed by atoms with Crippen molar-refractivity contribution in [2.45, 2.75) is 19.3 Å². The normalized spacial score (nSPS) is 18.9. The average Bonchev–Trinajstić information content (AvgIpc) is 2.77. The highest BCUT2D eigenvalue weighted by Crippen LogP contribution is 2.15. The molecular formula is C10H21N3O3. The Kier molecular flexibility index (Phi) is 7.49. The lowest BCUT2D eigenvalue weighted by Crippen LogP contribution is -2.30. The summed E-state index contributed by atoms with van der Waals surface area (Å²) in [6, 6.07) is 0. The number of carboxylic acids is 1. The molecule has 0 bridgehead atoms. The van der Waals surface area contributed by atoms with Crippen LogP contribution < -0.4 is 11.5 Å². The number of carboxylic acid groups (broad SMARTS) is 1. The molecule has 5 N–H and O–H groups in total. The number of aliphatic carboxylic acids is 1. The van der Waals surface area contributed by atoms with Crippen LogP contribution in [0.4, 0.5) is 0 Å². The molecule has 0 aromatic heterocycles. The Hall–Kier alpha value is -1.14. The van der Waals surface area contributed by atoms with Crippen molar-refractivity contribution in [2.24, 2.45) is 17.4 Å². The maximum Gasteiger partial charge on any atom is 0.303 e. The van der Waals surface area contributed by atoms with Crippen LogP contribution in [0.2, 0.25) is 0 Å². The minimum Gasteiger partial charge on any atom is -0.481 e. The standard InChI is InChI=1S/C9H16N2O3.CH5N/c10-5-7-3-4-11(6-7)8(12)1-2-9(13)14;1-2/h7H,1-6,10H2,(H,13,14);2H2,1H3. The van der Waals surface area contributed by atoms with Crippen molar-refractivity contribution in [3.8, 4) is 0 Å². The van der Waals surface area contributed by atoms with E-state index in [4.69, 9.17) is 10.8 Å². The topological polar surface area (TPSA) is 110 Å². The van der Waals surface area contributed by atoms with Crippen molar-refractivity contribution in [1.82, 2.24) is 4.90 Å². The molecule has 6 nitrogen and oxygen atoms in total. The summed E-state index contributed by atoms with van der Waals surface area (Å²) in [4.78, 5) is 23.4. The van der Waals surface area contributed by atoms with Crippen molar-refractivity contribution in [3.63, 3.8) is 0 Å². The fourth-order valence-corrected chi connectivity index (χ4v) is 1.62. The van der Waals surface area contributed by atoms with Gasteiger partial charge in [-0.1, -0.05) is 0 Å². The van der Waals surface area contributed by atoms with Gasteiger partial charge in [0.05, 0.1) is 6.42 Å². The number of carbonyl (C=O) groups is 2. The van der Waals surface area contributed by atoms with E-state index in [0.717, 1.165) is 13.0 Å². The summed E-state index contributed by atoms with van der Waals surface area (Å²) >= 11 is 0. The molecule has 6 heteroatoms. The lowest BCUT2D eigenvalue weighted by atomic mass is 10.1. The van der Waals surface area contributed by atoms with Gasteiger partial charge < -0.3 is 21.5 Å². The highest BCUT2D eigenvalue weighted by Gasteiger charge is 2.24. The molecule has 1 unspecified atom stereocenters. The van der Waals surface area contributed by atoms with Crippen LogP contribution in [0.1, 0.15) is 19.3 Å². The first-order chi connectivity index (χ1) is 7.63. The highest BCUT2D eigenvalue weighted by atomic mass is 16.4. The molecule has 1 rings (SSSR count). The van der Waals surface area contributed by atoms with Crippen molar-refractivity contribution in [3.05, 3.63) is 0 Å². The van der Waals surface area contributed by atoms with Crippen molar-refractivity contribution in [2.75, 3.05) is 26.7 Å². The van der Waals surface area contributed by atoms with Crippen molar-refractivity contribution in [1.29, 1.82) is 0 Å². The summed E-state index contributed by atoms with van der Waals surface area (Å²) in [5.41, 5.74) is 9.99. The van der Waals surface area contributed by atoms with E-state index in [2.05, 4.69) is 5.73 Å². The predicted octanol–water partition coefficient (Wildman–Crippen LogP) is -0.767. The maximum atomic E-state index is 11.4. The number of nitrogens with two attached hydrogens (primary N) is 2. The molecule has 0 aromatic carbocycles. The maximum absolute atomic E-state index is 11.4. The van der Waals surface area contributed by atoms with E-state index >= 15 is 0 Å². The van der Waals surface area contributed by atoms with Gasteiger partial charge in [-0.3, -0.25) is 9.59 Å². The number of nitrogens with zero attached hydrogens (tertiary/aromatic N) is 1. The second kappa shape index (κ2) is 8.06. The van der Waals surface area contributed by atoms with Crippen molar-refractivity contribution < 1.29 is 14.7 Å². The van der Waals surface area contributed by atoms with E-state index < -0.39 is 5.97 Å². The van der Waals surface area contributed by atoms with E-state index in [9.17, 15) is 9.59 Å². The molecule has 1 aliphatic rings. The predicted molar refractivity (Wildman–Crippen MR) is 60.7 cm³/mol. The van der Waals surface area contributed by atoms with Gasteiger partial charge in [0.15, 0.2) is 0 Å². The van der Waals surface area contributed by atoms with Crippen LogP contribution in [0.5, 0.6) is 0 Å². The first kappa shape index (κ1) is 14.9. The Labute approximate surface area is 95.6 Å². The molecule has 1 fully saturated rings. The number of rotatable bonds is 4. The third kappa shape index (κ3) is 5.09. The first-order valence-electron chi connectivity index (χ1n) is 5.41. The van der Waals surface area contributed by atoms with Gasteiger partial charge in [0.25, 0.3) is 0 Å². The average molecular weight is 231 g/mol. The second-order valence-electron chi connectivity index (χ2n) is 3.62. The molecular weight excluding hydrogens is 210 g/mol. The number of amides is 1. The molecule has 16 heavy (non-hydrogen) atoms. The number of carbonyl (C=O) groups excluding carboxylic acids is 1. The van der Waals surface area contributed by atoms with Gasteiger partial charge >= 0.3 is 5.97 Å². The molecule has 94 valence electrons. The summed E-state index contributed by atoms with van der Waals surface area (Å²) in [7, 11) is 1.50. The third-order valence-electron chi connectivity index (χ3n) is 2.52. The van der Waals surface area contributed by atoms with E-state index in [0.29, 0.717) is 19.0 Å². The summed E-state index contributed by atoms with van der Waals surface area (Å²) in [5, 5.41) is 8.41. The lowest BCUT2D eigenvalue weighted by Gasteiger charge is -2.15. The van der Waals surface area contributed by atoms with Crippen molar-refractivity contribution >= 4 is 11.9 Å². The van der Waals surface area contributed by atoms with Gasteiger partial charge in [-0.2, -0.15) is 0 Å². The van der Waals surface area contributed by atoms with Crippen LogP contribution in [0, 0.1) is 5.92 Å². The minimum atomic E-state index is -0.923. The van der Waals surface area contributed by atoms with Crippen LogP contribution in [0.25, 0.3) is 0 Å². The smallest absolute Gasteiger partial charge is 0.303 e. The number of hydrogen-bond donors (Lipinski definition) is 3. The van der Waals surface area contributed by atoms with Gasteiger partial charge in [0.2, 0.25) is 5.91 Å². The Balaban J connectivity index is 0.00000106. The quantitative estimate of drug-likeness (QED) is 0.588. The molecule has 1 atom stereocenters. The largest absolute Gasteiger partial charge is 0.481 e. The fourth-order valence-electron chi connectivity index (χ4n) is 1.62. The Morgan fingerprint density at radius 3 is 2.44 bits per heavy atom. The van der Waals surface area contributed by atoms with Gasteiger partial charge in [0, 0.05) is 19.5 Å². The van der Waals surface area contributed by atoms with E-state index in [1.54, 1.807) is 4.90 Å². The first-order valence-corrected chi connectivity index (χ1v) is 5.41. The highest BCUT2D eigenvalue weighted by molar-refractivity contribution is 5.80. The van der Waals surface area contributed by atoms with Gasteiger partial charge in [-0.15, -0.1) is 0 Å². The van der Waals surface area contributed by atoms with Gasteiger partial charge in [-0.05, 0) is 25.9 Å². The van der Waals surface area contributed by atoms with E-state index in [1.807, 2.05) is 0 Å². The zero-order valence-corrected chi connectivity index (χ0v) is 9.69. The molecule has 0 radical (unpaired) electrons. The molecule has 0 aromatic rings. The SMILES string of the molecule is CN.NCC1CCN(C(=O)CCC(=O)O)C1. The number of hydrogen-bond acceptors (Lipinski definition) is 4. The Morgan fingerprint density at radius 2 is 2.00 bits per heavy atom. The van der Waals surface area contributed by atoms with E-state index in [1.165, 1.54) is 7.05 Å². The van der Waals surface area contributed by atoms with Crippen LogP contribution in [0.3, 0.4) is 0 Å². The second-order valence-corrected chi connectivity index (χ2v) is 3.62. The molecule has 1 saturated heterocycles. The molecule has 0 saturated carbocycles. The molecule has 0 spiro atoms. The minimum absolute atomic E-state index is 0.0663. The van der Waals surface area contributed by atoms with Crippen LogP contribution in [-0.4, -0.2) is 48.6 Å². The number of likely N-dealkylation sites (tertiary alicyclic amines) is 1. The summed E-state index contributed by atoms with van der Waals surface area (Å²) < 4.78 is 0. The van der Waals surface area contributed by atoms with Crippen LogP contribution >= 0.6 is 0 Å². The van der Waals surface area contributed by atoms with Crippen LogP contribution in [-0.2, 0) is 9.59 Å². The lowest BCUT2D eigenvalue weighted by molar-refractivity contribution is -0.140. The fraction of sp³-hybridized carbons (Fsp3) is 0.800. The Bertz CT molecular complexity index is 233. The molecule has 1 heterocycles. The summed E-state index contributed by atoms with van der Waals surface area (Å²) in [5.74, 6) is -0.597. The molecule has 0 aliphatic carbocycles. The zero-order valence-electron chi connectivity index (χ0n) is 9.69. The van der Waals surface area contributed by atoms with Gasteiger partial charge in [0.1, 0.15) is 0 Å². The Morgan fingerprint density at radius 1 is 1.38 bits per heavy atom. The molecule has 1 aliphatic heterocycles. The summed E-state index contributed by atoms with van der Waals surface area (Å²) in [6.07, 6.45) is 0.963. The zero-order chi connectivity index (χ0) is 12.6. The van der Waals surface area contributed by atoms with Crippen LogP contribution in [0.15, 0.2) is 0 Å². The van der Waals surface area contributed by atoms with Gasteiger partial charge in [-0.25, -0.2) is 0 Å². The third-order valence-corrected chi connectivity index (χ3v) is 2.52. The van der Waals surface area contributed by atoms with E-state index in [-0.39, 0.29) is 18.7 Å². The molecule has 1 amide bonds. The summed E-state index contributed by atoms with van der Waals surface area (Å²) in [6.45, 7) is 2.01. The monoisotopic (exact) mass is 231 g/mol.